The molecule has 0 atom stereocenters. The van der Waals surface area contributed by atoms with E-state index >= 15 is 0 Å². The van der Waals surface area contributed by atoms with E-state index in [-0.39, 0.29) is 12.2 Å². The molecule has 1 fully saturated rings. The second-order valence-corrected chi connectivity index (χ2v) is 6.62. The van der Waals surface area contributed by atoms with Gasteiger partial charge in [-0.25, -0.2) is 4.79 Å². The van der Waals surface area contributed by atoms with Crippen molar-refractivity contribution in [2.24, 2.45) is 0 Å². The van der Waals surface area contributed by atoms with Gasteiger partial charge < -0.3 is 19.7 Å². The smallest absolute Gasteiger partial charge is 0.410 e. The molecule has 1 amide bonds. The van der Waals surface area contributed by atoms with Gasteiger partial charge in [0, 0.05) is 12.2 Å². The maximum atomic E-state index is 11.8. The minimum atomic E-state index is -0.448. The highest BCUT2D eigenvalue weighted by atomic mass is 16.6. The number of amides is 1. The number of likely N-dealkylation sites (tertiary alicyclic amines) is 1. The maximum Gasteiger partial charge on any atom is 0.410 e. The number of anilines is 1. The molecule has 0 radical (unpaired) electrons. The van der Waals surface area contributed by atoms with Crippen molar-refractivity contribution in [2.75, 3.05) is 25.0 Å². The number of benzene rings is 1. The van der Waals surface area contributed by atoms with Crippen molar-refractivity contribution in [1.29, 1.82) is 0 Å². The highest BCUT2D eigenvalue weighted by molar-refractivity contribution is 5.69. The molecule has 2 aliphatic heterocycles. The van der Waals surface area contributed by atoms with Crippen LogP contribution in [0.1, 0.15) is 26.3 Å². The molecule has 2 aliphatic rings. The molecule has 1 N–H and O–H groups in total. The van der Waals surface area contributed by atoms with Gasteiger partial charge in [-0.05, 0) is 51.0 Å². The first-order valence-electron chi connectivity index (χ1n) is 7.42. The zero-order chi connectivity index (χ0) is 15.0. The Morgan fingerprint density at radius 2 is 2.10 bits per heavy atom. The van der Waals surface area contributed by atoms with E-state index in [2.05, 4.69) is 17.4 Å². The molecule has 1 aromatic rings. The topological polar surface area (TPSA) is 50.8 Å². The summed E-state index contributed by atoms with van der Waals surface area (Å²) in [6.07, 6.45) is 0.840. The minimum absolute atomic E-state index is 0.0601. The normalized spacial score (nSPS) is 17.8. The Bertz CT molecular complexity index is 545. The van der Waals surface area contributed by atoms with E-state index in [4.69, 9.17) is 9.47 Å². The summed E-state index contributed by atoms with van der Waals surface area (Å²) in [6, 6.07) is 6.13. The molecule has 114 valence electrons. The van der Waals surface area contributed by atoms with Crippen molar-refractivity contribution in [3.63, 3.8) is 0 Å². The predicted octanol–water partition coefficient (Wildman–Crippen LogP) is 2.65. The average Bonchev–Trinajstić information content (AvgIpc) is 2.77. The van der Waals surface area contributed by atoms with E-state index in [1.54, 1.807) is 4.90 Å². The third-order valence-corrected chi connectivity index (χ3v) is 3.59. The lowest BCUT2D eigenvalue weighted by Crippen LogP contribution is -2.57. The summed E-state index contributed by atoms with van der Waals surface area (Å²) in [5.74, 6) is 0.881. The van der Waals surface area contributed by atoms with Crippen LogP contribution in [0.15, 0.2) is 18.2 Å². The molecular formula is C16H22N2O3. The monoisotopic (exact) mass is 290 g/mol. The summed E-state index contributed by atoms with van der Waals surface area (Å²) in [4.78, 5) is 13.5. The van der Waals surface area contributed by atoms with E-state index in [1.165, 1.54) is 11.3 Å². The van der Waals surface area contributed by atoms with Gasteiger partial charge in [-0.1, -0.05) is 0 Å². The highest BCUT2D eigenvalue weighted by Gasteiger charge is 2.35. The lowest BCUT2D eigenvalue weighted by atomic mass is 10.1. The molecule has 0 aliphatic carbocycles. The average molecular weight is 290 g/mol. The van der Waals surface area contributed by atoms with Crippen molar-refractivity contribution in [2.45, 2.75) is 38.9 Å². The summed E-state index contributed by atoms with van der Waals surface area (Å²) < 4.78 is 11.2. The van der Waals surface area contributed by atoms with Crippen LogP contribution in [-0.2, 0) is 11.2 Å². The Morgan fingerprint density at radius 3 is 2.81 bits per heavy atom. The van der Waals surface area contributed by atoms with Crippen molar-refractivity contribution < 1.29 is 14.3 Å². The fourth-order valence-electron chi connectivity index (χ4n) is 2.54. The van der Waals surface area contributed by atoms with Crippen LogP contribution in [0.5, 0.6) is 5.75 Å². The number of rotatable bonds is 2. The number of nitrogens with zero attached hydrogens (tertiary/aromatic N) is 1. The van der Waals surface area contributed by atoms with Crippen LogP contribution in [0.4, 0.5) is 10.5 Å². The van der Waals surface area contributed by atoms with E-state index < -0.39 is 5.60 Å². The number of hydrogen-bond donors (Lipinski definition) is 1. The van der Waals surface area contributed by atoms with Crippen molar-refractivity contribution in [3.05, 3.63) is 23.8 Å². The first kappa shape index (κ1) is 14.0. The van der Waals surface area contributed by atoms with Crippen LogP contribution in [0.2, 0.25) is 0 Å². The summed E-state index contributed by atoms with van der Waals surface area (Å²) >= 11 is 0. The summed E-state index contributed by atoms with van der Waals surface area (Å²) in [5, 5.41) is 3.33. The van der Waals surface area contributed by atoms with Crippen LogP contribution in [0.3, 0.4) is 0 Å². The van der Waals surface area contributed by atoms with Crippen molar-refractivity contribution in [3.8, 4) is 5.75 Å². The molecule has 0 spiro atoms. The number of hydrogen-bond acceptors (Lipinski definition) is 4. The van der Waals surface area contributed by atoms with Gasteiger partial charge in [0.2, 0.25) is 0 Å². The lowest BCUT2D eigenvalue weighted by Gasteiger charge is -2.39. The zero-order valence-electron chi connectivity index (χ0n) is 12.8. The molecule has 0 saturated carbocycles. The van der Waals surface area contributed by atoms with Gasteiger partial charge in [0.1, 0.15) is 17.5 Å². The van der Waals surface area contributed by atoms with E-state index in [0.29, 0.717) is 13.1 Å². The van der Waals surface area contributed by atoms with E-state index in [0.717, 1.165) is 18.7 Å². The quantitative estimate of drug-likeness (QED) is 0.909. The van der Waals surface area contributed by atoms with Crippen LogP contribution in [0, 0.1) is 0 Å². The standard InChI is InChI=1S/C16H22N2O3/c1-16(2,3)21-15(19)18-9-13(10-18)20-12-4-5-14-11(8-12)6-7-17-14/h4-5,8,13,17H,6-7,9-10H2,1-3H3. The molecule has 0 bridgehead atoms. The third kappa shape index (κ3) is 3.23. The lowest BCUT2D eigenvalue weighted by molar-refractivity contribution is -0.0221. The highest BCUT2D eigenvalue weighted by Crippen LogP contribution is 2.28. The summed E-state index contributed by atoms with van der Waals surface area (Å²) in [6.45, 7) is 7.79. The van der Waals surface area contributed by atoms with E-state index in [1.807, 2.05) is 26.8 Å². The van der Waals surface area contributed by atoms with Gasteiger partial charge in [-0.3, -0.25) is 0 Å². The minimum Gasteiger partial charge on any atom is -0.487 e. The Hall–Kier alpha value is -1.91. The molecule has 1 saturated heterocycles. The van der Waals surface area contributed by atoms with Gasteiger partial charge in [0.05, 0.1) is 13.1 Å². The fourth-order valence-corrected chi connectivity index (χ4v) is 2.54. The second-order valence-electron chi connectivity index (χ2n) is 6.62. The van der Waals surface area contributed by atoms with Crippen molar-refractivity contribution >= 4 is 11.8 Å². The molecule has 3 rings (SSSR count). The maximum absolute atomic E-state index is 11.8. The SMILES string of the molecule is CC(C)(C)OC(=O)N1CC(Oc2ccc3c(c2)CCN3)C1. The van der Waals surface area contributed by atoms with Crippen LogP contribution >= 0.6 is 0 Å². The molecule has 0 unspecified atom stereocenters. The molecule has 2 heterocycles. The van der Waals surface area contributed by atoms with Gasteiger partial charge in [-0.15, -0.1) is 0 Å². The number of ether oxygens (including phenoxy) is 2. The van der Waals surface area contributed by atoms with Crippen LogP contribution < -0.4 is 10.1 Å². The van der Waals surface area contributed by atoms with Gasteiger partial charge in [0.15, 0.2) is 0 Å². The molecule has 5 heteroatoms. The predicted molar refractivity (Wildman–Crippen MR) is 80.9 cm³/mol. The molecule has 0 aromatic heterocycles. The van der Waals surface area contributed by atoms with Gasteiger partial charge in [0.25, 0.3) is 0 Å². The zero-order valence-corrected chi connectivity index (χ0v) is 12.8. The Labute approximate surface area is 125 Å². The molecule has 5 nitrogen and oxygen atoms in total. The molecular weight excluding hydrogens is 268 g/mol. The Kier molecular flexibility index (Phi) is 3.43. The Morgan fingerprint density at radius 1 is 1.33 bits per heavy atom. The molecule has 21 heavy (non-hydrogen) atoms. The van der Waals surface area contributed by atoms with E-state index in [9.17, 15) is 4.79 Å². The number of fused-ring (bicyclic) bond motifs is 1. The van der Waals surface area contributed by atoms with Gasteiger partial charge >= 0.3 is 6.09 Å². The summed E-state index contributed by atoms with van der Waals surface area (Å²) in [7, 11) is 0. The Balaban J connectivity index is 1.50. The van der Waals surface area contributed by atoms with Gasteiger partial charge in [-0.2, -0.15) is 0 Å². The van der Waals surface area contributed by atoms with Crippen molar-refractivity contribution in [1.82, 2.24) is 4.90 Å². The van der Waals surface area contributed by atoms with Crippen LogP contribution in [-0.4, -0.2) is 42.3 Å². The third-order valence-electron chi connectivity index (χ3n) is 3.59. The number of carbonyl (C=O) groups excluding carboxylic acids is 1. The molecule has 1 aromatic carbocycles. The number of nitrogens with one attached hydrogen (secondary N) is 1. The first-order chi connectivity index (χ1) is 9.90. The largest absolute Gasteiger partial charge is 0.487 e. The fraction of sp³-hybridized carbons (Fsp3) is 0.562. The van der Waals surface area contributed by atoms with Crippen LogP contribution in [0.25, 0.3) is 0 Å². The number of carbonyl (C=O) groups is 1. The summed E-state index contributed by atoms with van der Waals surface area (Å²) in [5.41, 5.74) is 2.05. The first-order valence-corrected chi connectivity index (χ1v) is 7.42. The second kappa shape index (κ2) is 5.13.